The van der Waals surface area contributed by atoms with E-state index in [0.29, 0.717) is 4.91 Å². The third kappa shape index (κ3) is 3.34. The Bertz CT molecular complexity index is 647. The Labute approximate surface area is 133 Å². The van der Waals surface area contributed by atoms with Crippen LogP contribution in [0.4, 0.5) is 0 Å². The van der Waals surface area contributed by atoms with Crippen molar-refractivity contribution in [1.29, 1.82) is 0 Å². The quantitative estimate of drug-likeness (QED) is 0.806. The van der Waals surface area contributed by atoms with Gasteiger partial charge in [-0.2, -0.15) is 4.99 Å². The molecule has 2 atom stereocenters. The molecule has 1 aromatic rings. The standard InChI is InChI=1S/C16H18N2O3S/c1-10-8-18(9-11(2)21-10)16-17-15(20)14(22-16)7-12-4-3-5-13(19)6-12/h3-7,10-11,19H,8-9H2,1-2H3/b14-7+/t10-,11-/m1/s1. The molecule has 116 valence electrons. The maximum absolute atomic E-state index is 12.1. The lowest BCUT2D eigenvalue weighted by molar-refractivity contribution is -0.113. The van der Waals surface area contributed by atoms with Crippen LogP contribution in [0.25, 0.3) is 6.08 Å². The molecule has 1 amide bonds. The summed E-state index contributed by atoms with van der Waals surface area (Å²) in [4.78, 5) is 18.9. The lowest BCUT2D eigenvalue weighted by Gasteiger charge is -2.35. The van der Waals surface area contributed by atoms with Crippen molar-refractivity contribution in [2.75, 3.05) is 13.1 Å². The predicted octanol–water partition coefficient (Wildman–Crippen LogP) is 2.47. The second-order valence-corrected chi connectivity index (χ2v) is 6.58. The molecule has 0 saturated carbocycles. The Kier molecular flexibility index (Phi) is 4.22. The number of aromatic hydroxyl groups is 1. The van der Waals surface area contributed by atoms with Gasteiger partial charge in [-0.1, -0.05) is 12.1 Å². The summed E-state index contributed by atoms with van der Waals surface area (Å²) in [5, 5.41) is 10.2. The normalized spacial score (nSPS) is 27.4. The van der Waals surface area contributed by atoms with Gasteiger partial charge in [0.15, 0.2) is 5.17 Å². The number of nitrogens with zero attached hydrogens (tertiary/aromatic N) is 2. The average Bonchev–Trinajstić information content (AvgIpc) is 2.79. The van der Waals surface area contributed by atoms with Gasteiger partial charge in [-0.05, 0) is 49.4 Å². The minimum absolute atomic E-state index is 0.126. The summed E-state index contributed by atoms with van der Waals surface area (Å²) in [7, 11) is 0. The summed E-state index contributed by atoms with van der Waals surface area (Å²) in [5.74, 6) is -0.0445. The number of amides is 1. The van der Waals surface area contributed by atoms with Crippen LogP contribution < -0.4 is 0 Å². The SMILES string of the molecule is C[C@@H]1CN(C2=NC(=O)/C(=C\c3cccc(O)c3)S2)C[C@@H](C)O1. The van der Waals surface area contributed by atoms with Gasteiger partial charge in [-0.25, -0.2) is 0 Å². The maximum atomic E-state index is 12.1. The van der Waals surface area contributed by atoms with Gasteiger partial charge in [0, 0.05) is 13.1 Å². The molecule has 0 radical (unpaired) electrons. The van der Waals surface area contributed by atoms with Crippen molar-refractivity contribution in [3.8, 4) is 5.75 Å². The first kappa shape index (κ1) is 15.1. The number of benzene rings is 1. The lowest BCUT2D eigenvalue weighted by Crippen LogP contribution is -2.47. The minimum Gasteiger partial charge on any atom is -0.508 e. The first-order chi connectivity index (χ1) is 10.5. The molecule has 2 aliphatic heterocycles. The van der Waals surface area contributed by atoms with E-state index in [9.17, 15) is 9.90 Å². The number of ether oxygens (including phenoxy) is 1. The van der Waals surface area contributed by atoms with Crippen LogP contribution >= 0.6 is 11.8 Å². The molecule has 3 rings (SSSR count). The van der Waals surface area contributed by atoms with E-state index in [2.05, 4.69) is 9.89 Å². The molecule has 0 aliphatic carbocycles. The lowest BCUT2D eigenvalue weighted by atomic mass is 10.2. The Morgan fingerprint density at radius 3 is 2.77 bits per heavy atom. The van der Waals surface area contributed by atoms with Gasteiger partial charge in [0.1, 0.15) is 5.75 Å². The minimum atomic E-state index is -0.227. The van der Waals surface area contributed by atoms with Gasteiger partial charge >= 0.3 is 0 Å². The molecular formula is C16H18N2O3S. The van der Waals surface area contributed by atoms with Crippen LogP contribution in [-0.4, -0.2) is 46.4 Å². The first-order valence-electron chi connectivity index (χ1n) is 7.23. The Morgan fingerprint density at radius 1 is 1.36 bits per heavy atom. The topological polar surface area (TPSA) is 62.1 Å². The number of hydrogen-bond acceptors (Lipinski definition) is 5. The molecule has 1 fully saturated rings. The number of hydrogen-bond donors (Lipinski definition) is 1. The number of rotatable bonds is 1. The fourth-order valence-corrected chi connectivity index (χ4v) is 3.56. The highest BCUT2D eigenvalue weighted by Crippen LogP contribution is 2.31. The summed E-state index contributed by atoms with van der Waals surface area (Å²) in [6, 6.07) is 6.82. The number of carbonyl (C=O) groups excluding carboxylic acids is 1. The third-order valence-electron chi connectivity index (χ3n) is 3.47. The first-order valence-corrected chi connectivity index (χ1v) is 8.05. The van der Waals surface area contributed by atoms with Crippen molar-refractivity contribution >= 4 is 28.9 Å². The number of phenolic OH excluding ortho intramolecular Hbond substituents is 1. The second-order valence-electron chi connectivity index (χ2n) is 5.57. The van der Waals surface area contributed by atoms with Crippen molar-refractivity contribution in [3.63, 3.8) is 0 Å². The number of thioether (sulfide) groups is 1. The number of phenols is 1. The van der Waals surface area contributed by atoms with Crippen molar-refractivity contribution in [1.82, 2.24) is 4.90 Å². The van der Waals surface area contributed by atoms with Crippen LogP contribution in [-0.2, 0) is 9.53 Å². The van der Waals surface area contributed by atoms with E-state index in [1.807, 2.05) is 19.9 Å². The number of amidine groups is 1. The zero-order valence-corrected chi connectivity index (χ0v) is 13.3. The monoisotopic (exact) mass is 318 g/mol. The molecule has 2 heterocycles. The fraction of sp³-hybridized carbons (Fsp3) is 0.375. The van der Waals surface area contributed by atoms with Gasteiger partial charge in [0.05, 0.1) is 17.1 Å². The molecule has 1 N–H and O–H groups in total. The summed E-state index contributed by atoms with van der Waals surface area (Å²) in [5.41, 5.74) is 0.788. The van der Waals surface area contributed by atoms with Crippen LogP contribution in [0.3, 0.4) is 0 Å². The zero-order chi connectivity index (χ0) is 15.7. The average molecular weight is 318 g/mol. The van der Waals surface area contributed by atoms with E-state index >= 15 is 0 Å². The van der Waals surface area contributed by atoms with E-state index in [1.165, 1.54) is 11.8 Å². The fourth-order valence-electron chi connectivity index (χ4n) is 2.63. The number of morpholine rings is 1. The summed E-state index contributed by atoms with van der Waals surface area (Å²) >= 11 is 1.38. The Hall–Kier alpha value is -1.79. The number of carbonyl (C=O) groups is 1. The van der Waals surface area contributed by atoms with Gasteiger partial charge in [-0.3, -0.25) is 4.79 Å². The van der Waals surface area contributed by atoms with E-state index < -0.39 is 0 Å². The van der Waals surface area contributed by atoms with Crippen LogP contribution in [0.1, 0.15) is 19.4 Å². The predicted molar refractivity (Wildman–Crippen MR) is 87.7 cm³/mol. The molecule has 5 nitrogen and oxygen atoms in total. The van der Waals surface area contributed by atoms with Crippen LogP contribution in [0, 0.1) is 0 Å². The second kappa shape index (κ2) is 6.14. The van der Waals surface area contributed by atoms with Crippen molar-refractivity contribution in [2.24, 2.45) is 4.99 Å². The van der Waals surface area contributed by atoms with Crippen LogP contribution in [0.15, 0.2) is 34.2 Å². The Balaban J connectivity index is 1.76. The highest BCUT2D eigenvalue weighted by Gasteiger charge is 2.30. The summed E-state index contributed by atoms with van der Waals surface area (Å²) in [6.45, 7) is 5.52. The molecular weight excluding hydrogens is 300 g/mol. The molecule has 0 unspecified atom stereocenters. The number of aliphatic imine (C=N–C) groups is 1. The summed E-state index contributed by atoms with van der Waals surface area (Å²) in [6.07, 6.45) is 2.01. The summed E-state index contributed by atoms with van der Waals surface area (Å²) < 4.78 is 5.71. The van der Waals surface area contributed by atoms with Crippen LogP contribution in [0.2, 0.25) is 0 Å². The molecule has 0 spiro atoms. The largest absolute Gasteiger partial charge is 0.508 e. The van der Waals surface area contributed by atoms with Gasteiger partial charge < -0.3 is 14.7 Å². The Morgan fingerprint density at radius 2 is 2.09 bits per heavy atom. The molecule has 0 aromatic heterocycles. The van der Waals surface area contributed by atoms with Crippen molar-refractivity contribution in [2.45, 2.75) is 26.1 Å². The zero-order valence-electron chi connectivity index (χ0n) is 12.5. The molecule has 2 aliphatic rings. The van der Waals surface area contributed by atoms with Gasteiger partial charge in [0.2, 0.25) is 0 Å². The molecule has 0 bridgehead atoms. The highest BCUT2D eigenvalue weighted by molar-refractivity contribution is 8.18. The molecule has 6 heteroatoms. The maximum Gasteiger partial charge on any atom is 0.286 e. The van der Waals surface area contributed by atoms with Gasteiger partial charge in [0.25, 0.3) is 5.91 Å². The van der Waals surface area contributed by atoms with Gasteiger partial charge in [-0.15, -0.1) is 0 Å². The molecule has 1 aromatic carbocycles. The smallest absolute Gasteiger partial charge is 0.286 e. The van der Waals surface area contributed by atoms with E-state index in [1.54, 1.807) is 24.3 Å². The van der Waals surface area contributed by atoms with Crippen molar-refractivity contribution < 1.29 is 14.6 Å². The van der Waals surface area contributed by atoms with E-state index in [-0.39, 0.29) is 23.9 Å². The molecule has 22 heavy (non-hydrogen) atoms. The third-order valence-corrected chi connectivity index (χ3v) is 4.51. The van der Waals surface area contributed by atoms with E-state index in [0.717, 1.165) is 23.8 Å². The molecule has 1 saturated heterocycles. The van der Waals surface area contributed by atoms with Crippen molar-refractivity contribution in [3.05, 3.63) is 34.7 Å². The highest BCUT2D eigenvalue weighted by atomic mass is 32.2. The van der Waals surface area contributed by atoms with E-state index in [4.69, 9.17) is 4.74 Å². The van der Waals surface area contributed by atoms with Crippen LogP contribution in [0.5, 0.6) is 5.75 Å².